The van der Waals surface area contributed by atoms with E-state index in [1.807, 2.05) is 0 Å². The third kappa shape index (κ3) is 7.04. The Hall–Kier alpha value is -0.0100. The normalized spacial score (nSPS) is 15.8. The molecule has 3 N–H and O–H groups in total. The average Bonchev–Trinajstić information content (AvgIpc) is 2.39. The zero-order chi connectivity index (χ0) is 15.2. The van der Waals surface area contributed by atoms with Crippen LogP contribution < -0.4 is 5.73 Å². The fourth-order valence-electron chi connectivity index (χ4n) is 2.22. The van der Waals surface area contributed by atoms with E-state index < -0.39 is 16.7 Å². The smallest absolute Gasteiger partial charge is 0.320 e. The Bertz CT molecular complexity index is 410. The number of nitrogens with zero attached hydrogens (tertiary/aromatic N) is 1. The molecule has 0 fully saturated rings. The molecule has 0 bridgehead atoms. The lowest BCUT2D eigenvalue weighted by atomic mass is 9.96. The highest BCUT2D eigenvalue weighted by molar-refractivity contribution is 6.18. The van der Waals surface area contributed by atoms with E-state index in [2.05, 4.69) is 0 Å². The van der Waals surface area contributed by atoms with Crippen molar-refractivity contribution in [3.05, 3.63) is 28.6 Å². The summed E-state index contributed by atoms with van der Waals surface area (Å²) in [4.78, 5) is 10.7. The number of aliphatic carboxylic acids is 1. The first-order valence-corrected chi connectivity index (χ1v) is 7.57. The maximum atomic E-state index is 12.6. The first-order chi connectivity index (χ1) is 9.42. The van der Waals surface area contributed by atoms with Crippen molar-refractivity contribution in [2.75, 3.05) is 24.8 Å². The number of halogens is 4. The van der Waals surface area contributed by atoms with E-state index in [1.165, 1.54) is 0 Å². The first-order valence-electron chi connectivity index (χ1n) is 6.50. The van der Waals surface area contributed by atoms with Crippen LogP contribution in [0.25, 0.3) is 0 Å². The highest BCUT2D eigenvalue weighted by atomic mass is 35.5. The SMILES string of the molecule is Cl.Cl.N[C@@H](CC1=CC=C([N+]([O-])(CCCl)CCCl)CC1)C(=O)O. The Labute approximate surface area is 153 Å². The highest BCUT2D eigenvalue weighted by Gasteiger charge is 2.25. The molecule has 0 spiro atoms. The number of carboxylic acid groups (broad SMARTS) is 1. The number of rotatable bonds is 8. The van der Waals surface area contributed by atoms with Crippen molar-refractivity contribution in [1.29, 1.82) is 0 Å². The van der Waals surface area contributed by atoms with Gasteiger partial charge in [0.25, 0.3) is 0 Å². The minimum Gasteiger partial charge on any atom is -0.628 e. The van der Waals surface area contributed by atoms with Crippen LogP contribution in [0.3, 0.4) is 0 Å². The molecule has 0 amide bonds. The van der Waals surface area contributed by atoms with Gasteiger partial charge in [-0.05, 0) is 18.9 Å². The largest absolute Gasteiger partial charge is 0.628 e. The van der Waals surface area contributed by atoms with Crippen molar-refractivity contribution in [1.82, 2.24) is 0 Å². The molecule has 0 aromatic rings. The Morgan fingerprint density at radius 3 is 2.18 bits per heavy atom. The molecule has 1 atom stereocenters. The predicted octanol–water partition coefficient (Wildman–Crippen LogP) is 3.03. The van der Waals surface area contributed by atoms with E-state index in [0.717, 1.165) is 11.3 Å². The van der Waals surface area contributed by atoms with Gasteiger partial charge in [-0.15, -0.1) is 48.0 Å². The van der Waals surface area contributed by atoms with Crippen LogP contribution in [-0.2, 0) is 4.79 Å². The van der Waals surface area contributed by atoms with Gasteiger partial charge in [0.15, 0.2) is 0 Å². The monoisotopic (exact) mass is 394 g/mol. The van der Waals surface area contributed by atoms with Crippen molar-refractivity contribution >= 4 is 54.0 Å². The average molecular weight is 396 g/mol. The quantitative estimate of drug-likeness (QED) is 0.375. The van der Waals surface area contributed by atoms with E-state index in [4.69, 9.17) is 34.0 Å². The molecule has 130 valence electrons. The first kappa shape index (κ1) is 24.2. The van der Waals surface area contributed by atoms with Gasteiger partial charge in [0.05, 0.1) is 24.8 Å². The summed E-state index contributed by atoms with van der Waals surface area (Å²) in [5.41, 5.74) is 7.19. The van der Waals surface area contributed by atoms with E-state index in [9.17, 15) is 10.0 Å². The van der Waals surface area contributed by atoms with Crippen LogP contribution in [0, 0.1) is 5.21 Å². The van der Waals surface area contributed by atoms with Crippen molar-refractivity contribution in [2.24, 2.45) is 5.73 Å². The molecular weight excluding hydrogens is 374 g/mol. The fourth-order valence-corrected chi connectivity index (χ4v) is 2.77. The molecule has 22 heavy (non-hydrogen) atoms. The van der Waals surface area contributed by atoms with Gasteiger partial charge in [0, 0.05) is 6.42 Å². The molecule has 0 saturated carbocycles. The molecule has 0 aromatic heterocycles. The van der Waals surface area contributed by atoms with Gasteiger partial charge in [0.1, 0.15) is 11.7 Å². The molecule has 0 aromatic carbocycles. The molecule has 1 rings (SSSR count). The second-order valence-corrected chi connectivity index (χ2v) is 5.60. The van der Waals surface area contributed by atoms with Gasteiger partial charge in [0.2, 0.25) is 0 Å². The summed E-state index contributed by atoms with van der Waals surface area (Å²) >= 11 is 11.4. The van der Waals surface area contributed by atoms with E-state index >= 15 is 0 Å². The molecule has 0 saturated heterocycles. The second-order valence-electron chi connectivity index (χ2n) is 4.85. The Morgan fingerprint density at radius 1 is 1.27 bits per heavy atom. The van der Waals surface area contributed by atoms with Crippen LogP contribution in [0.15, 0.2) is 23.4 Å². The molecule has 0 heterocycles. The van der Waals surface area contributed by atoms with Gasteiger partial charge in [-0.1, -0.05) is 11.6 Å². The topological polar surface area (TPSA) is 86.4 Å². The molecule has 1 aliphatic rings. The van der Waals surface area contributed by atoms with Crippen LogP contribution in [0.2, 0.25) is 0 Å². The molecule has 5 nitrogen and oxygen atoms in total. The molecule has 0 aliphatic heterocycles. The summed E-state index contributed by atoms with van der Waals surface area (Å²) in [7, 11) is 0. The molecule has 9 heteroatoms. The summed E-state index contributed by atoms with van der Waals surface area (Å²) in [5, 5.41) is 21.4. The second kappa shape index (κ2) is 11.5. The zero-order valence-corrected chi connectivity index (χ0v) is 15.2. The van der Waals surface area contributed by atoms with Crippen LogP contribution in [0.4, 0.5) is 0 Å². The van der Waals surface area contributed by atoms with E-state index in [0.29, 0.717) is 19.3 Å². The number of allylic oxidation sites excluding steroid dienone is 3. The molecular formula is C13H22Cl4N2O3. The number of carboxylic acids is 1. The fraction of sp³-hybridized carbons (Fsp3) is 0.615. The van der Waals surface area contributed by atoms with Gasteiger partial charge in [-0.3, -0.25) is 4.79 Å². The van der Waals surface area contributed by atoms with Crippen LogP contribution >= 0.6 is 48.0 Å². The molecule has 1 aliphatic carbocycles. The van der Waals surface area contributed by atoms with Crippen LogP contribution in [0.5, 0.6) is 0 Å². The van der Waals surface area contributed by atoms with Crippen molar-refractivity contribution in [2.45, 2.75) is 25.3 Å². The number of hydroxylamine groups is 3. The number of hydrogen-bond acceptors (Lipinski definition) is 3. The van der Waals surface area contributed by atoms with E-state index in [1.54, 1.807) is 12.2 Å². The summed E-state index contributed by atoms with van der Waals surface area (Å²) in [6.45, 7) is 0.579. The number of alkyl halides is 2. The maximum absolute atomic E-state index is 12.6. The standard InChI is InChI=1S/C13H20Cl2N2O3.2ClH/c14-5-7-17(20,8-6-15)11-3-1-10(2-4-11)9-12(16)13(18)19;;/h1,3,12H,2,4-9,16H2,(H,18,19);2*1H/t12-;;/m0../s1. The van der Waals surface area contributed by atoms with E-state index in [-0.39, 0.29) is 49.7 Å². The Balaban J connectivity index is 0. The van der Waals surface area contributed by atoms with Gasteiger partial charge < -0.3 is 20.7 Å². The Morgan fingerprint density at radius 2 is 1.82 bits per heavy atom. The lowest BCUT2D eigenvalue weighted by Gasteiger charge is -2.44. The lowest BCUT2D eigenvalue weighted by Crippen LogP contribution is -2.44. The Kier molecular flexibility index (Phi) is 12.7. The summed E-state index contributed by atoms with van der Waals surface area (Å²) in [6.07, 6.45) is 5.12. The predicted molar refractivity (Wildman–Crippen MR) is 94.9 cm³/mol. The third-order valence-electron chi connectivity index (χ3n) is 3.43. The van der Waals surface area contributed by atoms with Crippen molar-refractivity contribution in [3.63, 3.8) is 0 Å². The van der Waals surface area contributed by atoms with Crippen LogP contribution in [0.1, 0.15) is 19.3 Å². The van der Waals surface area contributed by atoms with Crippen molar-refractivity contribution < 1.29 is 14.5 Å². The number of nitrogens with two attached hydrogens (primary N) is 1. The summed E-state index contributed by atoms with van der Waals surface area (Å²) in [5.74, 6) is -0.463. The van der Waals surface area contributed by atoms with Crippen molar-refractivity contribution in [3.8, 4) is 0 Å². The van der Waals surface area contributed by atoms with Crippen LogP contribution in [-0.4, -0.2) is 46.6 Å². The van der Waals surface area contributed by atoms with Gasteiger partial charge in [-0.25, -0.2) is 0 Å². The third-order valence-corrected chi connectivity index (χ3v) is 3.77. The maximum Gasteiger partial charge on any atom is 0.320 e. The summed E-state index contributed by atoms with van der Waals surface area (Å²) in [6, 6.07) is -0.895. The lowest BCUT2D eigenvalue weighted by molar-refractivity contribution is -0.839. The minimum atomic E-state index is -1.01. The minimum absolute atomic E-state index is 0. The molecule has 0 unspecified atom stereocenters. The zero-order valence-electron chi connectivity index (χ0n) is 12.0. The number of quaternary nitrogens is 1. The number of hydrogen-bond donors (Lipinski definition) is 2. The highest BCUT2D eigenvalue weighted by Crippen LogP contribution is 2.28. The van der Waals surface area contributed by atoms with Gasteiger partial charge in [-0.2, -0.15) is 0 Å². The number of carbonyl (C=O) groups is 1. The van der Waals surface area contributed by atoms with Gasteiger partial charge >= 0.3 is 5.97 Å². The molecule has 0 radical (unpaired) electrons. The summed E-state index contributed by atoms with van der Waals surface area (Å²) < 4.78 is -0.498.